The molecule has 0 heterocycles. The molecule has 1 amide bonds. The van der Waals surface area contributed by atoms with Gasteiger partial charge >= 0.3 is 0 Å². The van der Waals surface area contributed by atoms with Gasteiger partial charge in [-0.05, 0) is 30.7 Å². The molecular weight excluding hydrogens is 388 g/mol. The molecule has 31 heavy (non-hydrogen) atoms. The van der Waals surface area contributed by atoms with Crippen LogP contribution in [0.5, 0.6) is 0 Å². The summed E-state index contributed by atoms with van der Waals surface area (Å²) in [7, 11) is 0. The van der Waals surface area contributed by atoms with Crippen LogP contribution in [0.3, 0.4) is 0 Å². The van der Waals surface area contributed by atoms with Crippen molar-refractivity contribution >= 4 is 28.8 Å². The van der Waals surface area contributed by atoms with E-state index in [9.17, 15) is 14.4 Å². The second-order valence-electron chi connectivity index (χ2n) is 7.57. The average molecular weight is 412 g/mol. The average Bonchev–Trinajstić information content (AvgIpc) is 2.81. The summed E-state index contributed by atoms with van der Waals surface area (Å²) in [5.74, 6) is -0.796. The lowest BCUT2D eigenvalue weighted by molar-refractivity contribution is 0.0979. The van der Waals surface area contributed by atoms with Crippen molar-refractivity contribution in [2.75, 3.05) is 17.2 Å². The highest BCUT2D eigenvalue weighted by molar-refractivity contribution is 6.32. The Morgan fingerprint density at radius 3 is 1.97 bits per heavy atom. The van der Waals surface area contributed by atoms with Gasteiger partial charge in [-0.2, -0.15) is 0 Å². The van der Waals surface area contributed by atoms with Gasteiger partial charge in [0, 0.05) is 28.9 Å². The van der Waals surface area contributed by atoms with E-state index in [1.165, 1.54) is 0 Å². The van der Waals surface area contributed by atoms with Gasteiger partial charge in [-0.15, -0.1) is 0 Å². The van der Waals surface area contributed by atoms with E-state index in [0.717, 1.165) is 19.3 Å². The molecule has 0 bridgehead atoms. The van der Waals surface area contributed by atoms with Crippen LogP contribution in [0.15, 0.2) is 66.7 Å². The van der Waals surface area contributed by atoms with Crippen LogP contribution in [0.2, 0.25) is 0 Å². The quantitative estimate of drug-likeness (QED) is 0.403. The van der Waals surface area contributed by atoms with E-state index in [1.807, 2.05) is 6.07 Å². The van der Waals surface area contributed by atoms with Crippen LogP contribution in [-0.4, -0.2) is 24.0 Å². The van der Waals surface area contributed by atoms with Gasteiger partial charge in [0.2, 0.25) is 0 Å². The van der Waals surface area contributed by atoms with Crippen molar-refractivity contribution in [2.45, 2.75) is 26.2 Å². The number of amides is 1. The van der Waals surface area contributed by atoms with Crippen LogP contribution in [0.4, 0.5) is 11.4 Å². The fourth-order valence-electron chi connectivity index (χ4n) is 3.86. The number of fused-ring (bicyclic) bond motifs is 2. The minimum Gasteiger partial charge on any atom is -0.384 e. The number of rotatable bonds is 7. The molecule has 3 aromatic rings. The number of ketones is 2. The highest BCUT2D eigenvalue weighted by Crippen LogP contribution is 2.36. The molecule has 3 aromatic carbocycles. The normalized spacial score (nSPS) is 12.2. The Bertz CT molecular complexity index is 1150. The summed E-state index contributed by atoms with van der Waals surface area (Å²) in [6, 6.07) is 19.1. The molecule has 0 aliphatic heterocycles. The number of hydrogen-bond donors (Lipinski definition) is 2. The maximum Gasteiger partial charge on any atom is 0.255 e. The molecule has 1 aliphatic rings. The summed E-state index contributed by atoms with van der Waals surface area (Å²) < 4.78 is 0. The molecule has 0 unspecified atom stereocenters. The molecule has 0 fully saturated rings. The maximum atomic E-state index is 13.4. The summed E-state index contributed by atoms with van der Waals surface area (Å²) in [5.41, 5.74) is 2.77. The minimum atomic E-state index is -0.328. The highest BCUT2D eigenvalue weighted by Gasteiger charge is 2.34. The summed E-state index contributed by atoms with van der Waals surface area (Å²) in [4.78, 5) is 39.5. The summed E-state index contributed by atoms with van der Waals surface area (Å²) in [6.07, 6.45) is 3.14. The van der Waals surface area contributed by atoms with E-state index in [0.29, 0.717) is 40.2 Å². The van der Waals surface area contributed by atoms with Crippen molar-refractivity contribution in [3.63, 3.8) is 0 Å². The first-order valence-electron chi connectivity index (χ1n) is 10.6. The van der Waals surface area contributed by atoms with E-state index in [4.69, 9.17) is 0 Å². The lowest BCUT2D eigenvalue weighted by Crippen LogP contribution is -2.25. The molecule has 4 rings (SSSR count). The van der Waals surface area contributed by atoms with Crippen LogP contribution >= 0.6 is 0 Å². The number of carbonyl (C=O) groups excluding carboxylic acids is 3. The van der Waals surface area contributed by atoms with Crippen LogP contribution in [0, 0.1) is 0 Å². The van der Waals surface area contributed by atoms with E-state index in [1.54, 1.807) is 60.7 Å². The Balaban J connectivity index is 1.76. The molecule has 2 N–H and O–H groups in total. The molecule has 0 atom stereocenters. The van der Waals surface area contributed by atoms with Crippen molar-refractivity contribution in [1.82, 2.24) is 0 Å². The van der Waals surface area contributed by atoms with Crippen molar-refractivity contribution in [2.24, 2.45) is 0 Å². The molecule has 0 radical (unpaired) electrons. The Kier molecular flexibility index (Phi) is 5.94. The topological polar surface area (TPSA) is 75.3 Å². The molecule has 0 saturated carbocycles. The monoisotopic (exact) mass is 412 g/mol. The maximum absolute atomic E-state index is 13.4. The second-order valence-corrected chi connectivity index (χ2v) is 7.57. The molecule has 0 aromatic heterocycles. The molecule has 0 saturated heterocycles. The Labute approximate surface area is 181 Å². The van der Waals surface area contributed by atoms with Gasteiger partial charge in [0.1, 0.15) is 0 Å². The molecule has 5 heteroatoms. The van der Waals surface area contributed by atoms with Gasteiger partial charge in [-0.1, -0.05) is 62.2 Å². The van der Waals surface area contributed by atoms with Crippen molar-refractivity contribution in [3.05, 3.63) is 94.5 Å². The first-order valence-corrected chi connectivity index (χ1v) is 10.6. The standard InChI is InChI=1S/C26H24N2O3/c1-2-3-9-16-27-20-14-15-21(28-26(31)17-10-5-4-6-11-17)23-22(20)24(29)18-12-7-8-13-19(18)25(23)30/h4-8,10-15,27H,2-3,9,16H2,1H3,(H,28,31). The van der Waals surface area contributed by atoms with E-state index in [2.05, 4.69) is 17.6 Å². The van der Waals surface area contributed by atoms with E-state index in [-0.39, 0.29) is 23.0 Å². The van der Waals surface area contributed by atoms with Gasteiger partial charge in [-0.3, -0.25) is 14.4 Å². The van der Waals surface area contributed by atoms with Crippen molar-refractivity contribution < 1.29 is 14.4 Å². The second kappa shape index (κ2) is 8.96. The van der Waals surface area contributed by atoms with Crippen LogP contribution in [0.25, 0.3) is 0 Å². The fraction of sp³-hybridized carbons (Fsp3) is 0.192. The van der Waals surface area contributed by atoms with E-state index >= 15 is 0 Å². The first-order chi connectivity index (χ1) is 15.1. The lowest BCUT2D eigenvalue weighted by Gasteiger charge is -2.23. The third-order valence-corrected chi connectivity index (χ3v) is 5.46. The molecular formula is C26H24N2O3. The van der Waals surface area contributed by atoms with Gasteiger partial charge in [0.25, 0.3) is 5.91 Å². The van der Waals surface area contributed by atoms with Crippen molar-refractivity contribution in [1.29, 1.82) is 0 Å². The Hall–Kier alpha value is -3.73. The Morgan fingerprint density at radius 1 is 0.742 bits per heavy atom. The summed E-state index contributed by atoms with van der Waals surface area (Å²) >= 11 is 0. The van der Waals surface area contributed by atoms with Gasteiger partial charge in [0.15, 0.2) is 11.6 Å². The minimum absolute atomic E-state index is 0.209. The largest absolute Gasteiger partial charge is 0.384 e. The van der Waals surface area contributed by atoms with Gasteiger partial charge in [0.05, 0.1) is 16.8 Å². The van der Waals surface area contributed by atoms with Crippen molar-refractivity contribution in [3.8, 4) is 0 Å². The van der Waals surface area contributed by atoms with Gasteiger partial charge < -0.3 is 10.6 Å². The Morgan fingerprint density at radius 2 is 1.32 bits per heavy atom. The van der Waals surface area contributed by atoms with Gasteiger partial charge in [-0.25, -0.2) is 0 Å². The number of unbranched alkanes of at least 4 members (excludes halogenated alkanes) is 2. The molecule has 156 valence electrons. The van der Waals surface area contributed by atoms with E-state index < -0.39 is 0 Å². The lowest BCUT2D eigenvalue weighted by atomic mass is 9.82. The first kappa shape index (κ1) is 20.5. The van der Waals surface area contributed by atoms with Crippen LogP contribution in [0.1, 0.15) is 68.4 Å². The number of carbonyl (C=O) groups is 3. The molecule has 1 aliphatic carbocycles. The zero-order valence-corrected chi connectivity index (χ0v) is 17.4. The highest BCUT2D eigenvalue weighted by atomic mass is 16.2. The third-order valence-electron chi connectivity index (χ3n) is 5.46. The van der Waals surface area contributed by atoms with Crippen LogP contribution in [-0.2, 0) is 0 Å². The number of hydrogen-bond acceptors (Lipinski definition) is 4. The predicted molar refractivity (Wildman–Crippen MR) is 122 cm³/mol. The summed E-state index contributed by atoms with van der Waals surface area (Å²) in [6.45, 7) is 2.84. The smallest absolute Gasteiger partial charge is 0.255 e. The predicted octanol–water partition coefficient (Wildman–Crippen LogP) is 5.32. The number of benzene rings is 3. The zero-order chi connectivity index (χ0) is 21.8. The fourth-order valence-corrected chi connectivity index (χ4v) is 3.86. The number of anilines is 2. The molecule has 0 spiro atoms. The SMILES string of the molecule is CCCCCNc1ccc(NC(=O)c2ccccc2)c2c1C(=O)c1ccccc1C2=O. The number of nitrogens with one attached hydrogen (secondary N) is 2. The van der Waals surface area contributed by atoms with Crippen LogP contribution < -0.4 is 10.6 Å². The third kappa shape index (κ3) is 3.99. The molecule has 5 nitrogen and oxygen atoms in total. The summed E-state index contributed by atoms with van der Waals surface area (Å²) in [5, 5.41) is 6.15. The zero-order valence-electron chi connectivity index (χ0n) is 17.4.